The van der Waals surface area contributed by atoms with E-state index in [0.717, 1.165) is 6.54 Å². The van der Waals surface area contributed by atoms with Crippen LogP contribution in [-0.4, -0.2) is 28.6 Å². The standard InChI is InChI=1S/C17H25N3/c1-19(15-9-7-14(18)8-10-15)11-13-12-20(2)17-6-4-3-5-16(13)17/h3-6,12,14-15H,7-11,18H2,1-2H3. The second-order valence-corrected chi connectivity index (χ2v) is 6.27. The molecule has 0 bridgehead atoms. The highest BCUT2D eigenvalue weighted by atomic mass is 15.1. The van der Waals surface area contributed by atoms with Crippen LogP contribution in [0.1, 0.15) is 31.2 Å². The number of benzene rings is 1. The van der Waals surface area contributed by atoms with Crippen molar-refractivity contribution in [2.45, 2.75) is 44.3 Å². The van der Waals surface area contributed by atoms with E-state index in [1.54, 1.807) is 0 Å². The lowest BCUT2D eigenvalue weighted by Gasteiger charge is -2.33. The van der Waals surface area contributed by atoms with Gasteiger partial charge in [0.2, 0.25) is 0 Å². The number of para-hydroxylation sites is 1. The van der Waals surface area contributed by atoms with E-state index in [4.69, 9.17) is 5.73 Å². The molecule has 20 heavy (non-hydrogen) atoms. The minimum atomic E-state index is 0.428. The summed E-state index contributed by atoms with van der Waals surface area (Å²) in [4.78, 5) is 2.51. The Morgan fingerprint density at radius 1 is 1.20 bits per heavy atom. The van der Waals surface area contributed by atoms with E-state index in [1.165, 1.54) is 42.1 Å². The molecule has 0 amide bonds. The molecule has 1 fully saturated rings. The molecule has 0 aliphatic heterocycles. The van der Waals surface area contributed by atoms with E-state index in [0.29, 0.717) is 12.1 Å². The zero-order valence-corrected chi connectivity index (χ0v) is 12.5. The first-order valence-electron chi connectivity index (χ1n) is 7.64. The van der Waals surface area contributed by atoms with Gasteiger partial charge in [-0.25, -0.2) is 0 Å². The lowest BCUT2D eigenvalue weighted by atomic mass is 9.91. The third kappa shape index (κ3) is 2.60. The van der Waals surface area contributed by atoms with Crippen molar-refractivity contribution in [2.75, 3.05) is 7.05 Å². The van der Waals surface area contributed by atoms with Gasteiger partial charge in [0, 0.05) is 42.8 Å². The molecule has 2 N–H and O–H groups in total. The molecule has 108 valence electrons. The predicted molar refractivity (Wildman–Crippen MR) is 84.6 cm³/mol. The number of nitrogens with two attached hydrogens (primary N) is 1. The van der Waals surface area contributed by atoms with Crippen LogP contribution >= 0.6 is 0 Å². The maximum Gasteiger partial charge on any atom is 0.0481 e. The van der Waals surface area contributed by atoms with E-state index in [2.05, 4.69) is 54.0 Å². The van der Waals surface area contributed by atoms with Gasteiger partial charge in [0.1, 0.15) is 0 Å². The quantitative estimate of drug-likeness (QED) is 0.931. The highest BCUT2D eigenvalue weighted by Crippen LogP contribution is 2.25. The second kappa shape index (κ2) is 5.58. The highest BCUT2D eigenvalue weighted by molar-refractivity contribution is 5.83. The molecule has 0 saturated heterocycles. The Balaban J connectivity index is 1.76. The SMILES string of the molecule is CN(Cc1cn(C)c2ccccc12)C1CCC(N)CC1. The number of rotatable bonds is 3. The Labute approximate surface area is 121 Å². The minimum Gasteiger partial charge on any atom is -0.350 e. The number of fused-ring (bicyclic) bond motifs is 1. The van der Waals surface area contributed by atoms with Crippen molar-refractivity contribution in [1.29, 1.82) is 0 Å². The molecule has 3 nitrogen and oxygen atoms in total. The Kier molecular flexibility index (Phi) is 3.81. The van der Waals surface area contributed by atoms with Gasteiger partial charge < -0.3 is 10.3 Å². The number of hydrogen-bond donors (Lipinski definition) is 1. The van der Waals surface area contributed by atoms with Crippen molar-refractivity contribution in [3.05, 3.63) is 36.0 Å². The van der Waals surface area contributed by atoms with Gasteiger partial charge in [-0.15, -0.1) is 0 Å². The maximum absolute atomic E-state index is 6.01. The predicted octanol–water partition coefficient (Wildman–Crippen LogP) is 2.88. The van der Waals surface area contributed by atoms with Crippen LogP contribution in [0, 0.1) is 0 Å². The maximum atomic E-state index is 6.01. The summed E-state index contributed by atoms with van der Waals surface area (Å²) in [6.45, 7) is 1.03. The number of hydrogen-bond acceptors (Lipinski definition) is 2. The molecule has 3 rings (SSSR count). The van der Waals surface area contributed by atoms with E-state index in [9.17, 15) is 0 Å². The highest BCUT2D eigenvalue weighted by Gasteiger charge is 2.22. The van der Waals surface area contributed by atoms with Crippen LogP contribution in [0.4, 0.5) is 0 Å². The van der Waals surface area contributed by atoms with Crippen LogP contribution < -0.4 is 5.73 Å². The molecule has 0 unspecified atom stereocenters. The van der Waals surface area contributed by atoms with Crippen molar-refractivity contribution in [3.8, 4) is 0 Å². The molecule has 2 aromatic rings. The summed E-state index contributed by atoms with van der Waals surface area (Å²) in [5.74, 6) is 0. The normalized spacial score (nSPS) is 23.6. The molecule has 0 atom stereocenters. The van der Waals surface area contributed by atoms with Gasteiger partial charge in [-0.3, -0.25) is 4.90 Å². The third-order valence-electron chi connectivity index (χ3n) is 4.76. The van der Waals surface area contributed by atoms with Crippen molar-refractivity contribution in [1.82, 2.24) is 9.47 Å². The number of aromatic nitrogens is 1. The van der Waals surface area contributed by atoms with Gasteiger partial charge in [0.05, 0.1) is 0 Å². The molecule has 1 aliphatic carbocycles. The molecular formula is C17H25N3. The Hall–Kier alpha value is -1.32. The summed E-state index contributed by atoms with van der Waals surface area (Å²) >= 11 is 0. The summed E-state index contributed by atoms with van der Waals surface area (Å²) in [5.41, 5.74) is 8.76. The summed E-state index contributed by atoms with van der Waals surface area (Å²) in [6, 6.07) is 9.78. The topological polar surface area (TPSA) is 34.2 Å². The lowest BCUT2D eigenvalue weighted by Crippen LogP contribution is -2.38. The Morgan fingerprint density at radius 2 is 1.90 bits per heavy atom. The van der Waals surface area contributed by atoms with Gasteiger partial charge in [0.15, 0.2) is 0 Å². The fourth-order valence-corrected chi connectivity index (χ4v) is 3.49. The van der Waals surface area contributed by atoms with Gasteiger partial charge in [-0.1, -0.05) is 18.2 Å². The second-order valence-electron chi connectivity index (χ2n) is 6.27. The van der Waals surface area contributed by atoms with Crippen molar-refractivity contribution >= 4 is 10.9 Å². The molecule has 1 aromatic heterocycles. The van der Waals surface area contributed by atoms with Crippen LogP contribution in [0.25, 0.3) is 10.9 Å². The van der Waals surface area contributed by atoms with Crippen LogP contribution in [-0.2, 0) is 13.6 Å². The van der Waals surface area contributed by atoms with E-state index < -0.39 is 0 Å². The van der Waals surface area contributed by atoms with Crippen LogP contribution in [0.5, 0.6) is 0 Å². The summed E-state index contributed by atoms with van der Waals surface area (Å²) in [5, 5.41) is 1.38. The minimum absolute atomic E-state index is 0.428. The van der Waals surface area contributed by atoms with E-state index in [1.807, 2.05) is 0 Å². The van der Waals surface area contributed by atoms with E-state index in [-0.39, 0.29) is 0 Å². The largest absolute Gasteiger partial charge is 0.350 e. The Morgan fingerprint density at radius 3 is 2.65 bits per heavy atom. The molecule has 3 heteroatoms. The molecule has 1 heterocycles. The van der Waals surface area contributed by atoms with Crippen LogP contribution in [0.15, 0.2) is 30.5 Å². The molecule has 0 spiro atoms. The fraction of sp³-hybridized carbons (Fsp3) is 0.529. The van der Waals surface area contributed by atoms with Gasteiger partial charge in [-0.2, -0.15) is 0 Å². The molecular weight excluding hydrogens is 246 g/mol. The molecule has 1 saturated carbocycles. The first-order valence-corrected chi connectivity index (χ1v) is 7.64. The fourth-order valence-electron chi connectivity index (χ4n) is 3.49. The van der Waals surface area contributed by atoms with Crippen molar-refractivity contribution in [3.63, 3.8) is 0 Å². The van der Waals surface area contributed by atoms with Crippen molar-refractivity contribution in [2.24, 2.45) is 12.8 Å². The Bertz CT molecular complexity index is 579. The van der Waals surface area contributed by atoms with Crippen molar-refractivity contribution < 1.29 is 0 Å². The lowest BCUT2D eigenvalue weighted by molar-refractivity contribution is 0.176. The average Bonchev–Trinajstić information content (AvgIpc) is 2.77. The molecule has 1 aliphatic rings. The molecule has 0 radical (unpaired) electrons. The zero-order valence-electron chi connectivity index (χ0n) is 12.5. The van der Waals surface area contributed by atoms with Gasteiger partial charge in [-0.05, 0) is 44.4 Å². The monoisotopic (exact) mass is 271 g/mol. The molecule has 1 aromatic carbocycles. The number of nitrogens with zero attached hydrogens (tertiary/aromatic N) is 2. The first-order chi connectivity index (χ1) is 9.65. The summed E-state index contributed by atoms with van der Waals surface area (Å²) in [7, 11) is 4.38. The summed E-state index contributed by atoms with van der Waals surface area (Å²) in [6.07, 6.45) is 7.09. The number of aryl methyl sites for hydroxylation is 1. The smallest absolute Gasteiger partial charge is 0.0481 e. The zero-order chi connectivity index (χ0) is 14.1. The average molecular weight is 271 g/mol. The first kappa shape index (κ1) is 13.7. The van der Waals surface area contributed by atoms with E-state index >= 15 is 0 Å². The van der Waals surface area contributed by atoms with Gasteiger partial charge in [0.25, 0.3) is 0 Å². The van der Waals surface area contributed by atoms with Crippen LogP contribution in [0.3, 0.4) is 0 Å². The van der Waals surface area contributed by atoms with Gasteiger partial charge >= 0.3 is 0 Å². The summed E-state index contributed by atoms with van der Waals surface area (Å²) < 4.78 is 2.23. The third-order valence-corrected chi connectivity index (χ3v) is 4.76. The van der Waals surface area contributed by atoms with Crippen LogP contribution in [0.2, 0.25) is 0 Å².